The summed E-state index contributed by atoms with van der Waals surface area (Å²) in [6.07, 6.45) is 7.74. The SMILES string of the molecule is CC1CCCC(Nc2nc3c(cc2C(=O)O)CCC3)C1. The molecule has 1 fully saturated rings. The molecular formula is C16H22N2O2. The average molecular weight is 274 g/mol. The van der Waals surface area contributed by atoms with Gasteiger partial charge in [0.05, 0.1) is 0 Å². The van der Waals surface area contributed by atoms with E-state index in [0.29, 0.717) is 23.3 Å². The van der Waals surface area contributed by atoms with Crippen molar-refractivity contribution in [1.29, 1.82) is 0 Å². The molecule has 4 nitrogen and oxygen atoms in total. The molecule has 0 bridgehead atoms. The van der Waals surface area contributed by atoms with E-state index in [1.807, 2.05) is 6.07 Å². The largest absolute Gasteiger partial charge is 0.478 e. The Morgan fingerprint density at radius 1 is 1.35 bits per heavy atom. The third-order valence-corrected chi connectivity index (χ3v) is 4.56. The van der Waals surface area contributed by atoms with Crippen molar-refractivity contribution in [2.45, 2.75) is 57.9 Å². The number of aromatic carboxylic acids is 1. The first-order chi connectivity index (χ1) is 9.63. The van der Waals surface area contributed by atoms with Crippen LogP contribution in [0.5, 0.6) is 0 Å². The molecule has 2 aliphatic rings. The Balaban J connectivity index is 1.86. The van der Waals surface area contributed by atoms with Gasteiger partial charge in [0, 0.05) is 11.7 Å². The fourth-order valence-corrected chi connectivity index (χ4v) is 3.50. The lowest BCUT2D eigenvalue weighted by Gasteiger charge is -2.28. The average Bonchev–Trinajstić information content (AvgIpc) is 2.84. The maximum absolute atomic E-state index is 11.4. The van der Waals surface area contributed by atoms with Crippen LogP contribution in [0.2, 0.25) is 0 Å². The molecule has 3 rings (SSSR count). The lowest BCUT2D eigenvalue weighted by atomic mass is 9.87. The highest BCUT2D eigenvalue weighted by Crippen LogP contribution is 2.29. The van der Waals surface area contributed by atoms with E-state index in [1.54, 1.807) is 0 Å². The van der Waals surface area contributed by atoms with Gasteiger partial charge in [0.1, 0.15) is 11.4 Å². The first-order valence-electron chi connectivity index (χ1n) is 7.66. The van der Waals surface area contributed by atoms with Crippen molar-refractivity contribution in [1.82, 2.24) is 4.98 Å². The number of carboxylic acids is 1. The number of nitrogens with zero attached hydrogens (tertiary/aromatic N) is 1. The van der Waals surface area contributed by atoms with Crippen molar-refractivity contribution in [2.24, 2.45) is 5.92 Å². The van der Waals surface area contributed by atoms with Crippen molar-refractivity contribution in [3.63, 3.8) is 0 Å². The third kappa shape index (κ3) is 2.65. The topological polar surface area (TPSA) is 62.2 Å². The van der Waals surface area contributed by atoms with Crippen molar-refractivity contribution in [3.8, 4) is 0 Å². The molecule has 20 heavy (non-hydrogen) atoms. The van der Waals surface area contributed by atoms with E-state index in [1.165, 1.54) is 12.8 Å². The van der Waals surface area contributed by atoms with Crippen LogP contribution in [-0.2, 0) is 12.8 Å². The molecule has 0 radical (unpaired) electrons. The minimum Gasteiger partial charge on any atom is -0.478 e. The van der Waals surface area contributed by atoms with Crippen LogP contribution in [0.3, 0.4) is 0 Å². The summed E-state index contributed by atoms with van der Waals surface area (Å²) in [6, 6.07) is 2.19. The Morgan fingerprint density at radius 3 is 2.95 bits per heavy atom. The number of hydrogen-bond acceptors (Lipinski definition) is 3. The van der Waals surface area contributed by atoms with Crippen LogP contribution in [0.4, 0.5) is 5.82 Å². The van der Waals surface area contributed by atoms with Gasteiger partial charge in [0.15, 0.2) is 0 Å². The molecule has 2 aliphatic carbocycles. The van der Waals surface area contributed by atoms with Crippen LogP contribution >= 0.6 is 0 Å². The molecule has 0 amide bonds. The van der Waals surface area contributed by atoms with Gasteiger partial charge in [0.2, 0.25) is 0 Å². The summed E-state index contributed by atoms with van der Waals surface area (Å²) >= 11 is 0. The molecule has 0 aromatic carbocycles. The minimum atomic E-state index is -0.876. The molecule has 0 spiro atoms. The minimum absolute atomic E-state index is 0.337. The Kier molecular flexibility index (Phi) is 3.64. The second kappa shape index (κ2) is 5.43. The monoisotopic (exact) mass is 274 g/mol. The van der Waals surface area contributed by atoms with Crippen LogP contribution in [0.15, 0.2) is 6.07 Å². The van der Waals surface area contributed by atoms with Gasteiger partial charge in [0.25, 0.3) is 0 Å². The van der Waals surface area contributed by atoms with E-state index in [-0.39, 0.29) is 0 Å². The van der Waals surface area contributed by atoms with Crippen molar-refractivity contribution in [2.75, 3.05) is 5.32 Å². The predicted octanol–water partition coefficient (Wildman–Crippen LogP) is 3.26. The normalized spacial score (nSPS) is 25.2. The molecule has 108 valence electrons. The van der Waals surface area contributed by atoms with Gasteiger partial charge in [-0.2, -0.15) is 0 Å². The van der Waals surface area contributed by atoms with Crippen molar-refractivity contribution in [3.05, 3.63) is 22.9 Å². The Morgan fingerprint density at radius 2 is 2.20 bits per heavy atom. The number of pyridine rings is 1. The van der Waals surface area contributed by atoms with Crippen LogP contribution in [-0.4, -0.2) is 22.1 Å². The number of aromatic nitrogens is 1. The van der Waals surface area contributed by atoms with Crippen LogP contribution in [0.1, 0.15) is 60.6 Å². The fraction of sp³-hybridized carbons (Fsp3) is 0.625. The van der Waals surface area contributed by atoms with E-state index < -0.39 is 5.97 Å². The van der Waals surface area contributed by atoms with Gasteiger partial charge in [-0.1, -0.05) is 19.8 Å². The molecule has 2 atom stereocenters. The number of carbonyl (C=O) groups is 1. The molecule has 1 aromatic heterocycles. The van der Waals surface area contributed by atoms with Gasteiger partial charge >= 0.3 is 5.97 Å². The molecular weight excluding hydrogens is 252 g/mol. The second-order valence-corrected chi connectivity index (χ2v) is 6.26. The quantitative estimate of drug-likeness (QED) is 0.888. The smallest absolute Gasteiger partial charge is 0.339 e. The van der Waals surface area contributed by atoms with E-state index in [4.69, 9.17) is 0 Å². The summed E-state index contributed by atoms with van der Waals surface area (Å²) in [5, 5.41) is 12.8. The molecule has 0 aliphatic heterocycles. The van der Waals surface area contributed by atoms with E-state index in [0.717, 1.165) is 43.4 Å². The standard InChI is InChI=1S/C16H22N2O2/c1-10-4-2-6-12(8-10)17-15-13(16(19)20)9-11-5-3-7-14(11)18-15/h9-10,12H,2-8H2,1H3,(H,17,18)(H,19,20). The number of fused-ring (bicyclic) bond motifs is 1. The summed E-state index contributed by atoms with van der Waals surface area (Å²) in [5.74, 6) is 0.416. The number of aryl methyl sites for hydroxylation is 2. The van der Waals surface area contributed by atoms with Crippen LogP contribution in [0, 0.1) is 5.92 Å². The van der Waals surface area contributed by atoms with Crippen molar-refractivity contribution >= 4 is 11.8 Å². The van der Waals surface area contributed by atoms with E-state index in [9.17, 15) is 9.90 Å². The molecule has 4 heteroatoms. The molecule has 1 aromatic rings. The highest BCUT2D eigenvalue weighted by atomic mass is 16.4. The Labute approximate surface area is 119 Å². The summed E-state index contributed by atoms with van der Waals surface area (Å²) in [7, 11) is 0. The Bertz CT molecular complexity index is 527. The van der Waals surface area contributed by atoms with E-state index >= 15 is 0 Å². The molecule has 1 heterocycles. The maximum atomic E-state index is 11.4. The summed E-state index contributed by atoms with van der Waals surface area (Å²) in [6.45, 7) is 2.27. The first-order valence-corrected chi connectivity index (χ1v) is 7.66. The zero-order chi connectivity index (χ0) is 14.1. The second-order valence-electron chi connectivity index (χ2n) is 6.26. The zero-order valence-electron chi connectivity index (χ0n) is 12.0. The molecule has 0 saturated heterocycles. The highest BCUT2D eigenvalue weighted by Gasteiger charge is 2.24. The zero-order valence-corrected chi connectivity index (χ0v) is 12.0. The number of anilines is 1. The molecule has 1 saturated carbocycles. The number of hydrogen-bond donors (Lipinski definition) is 2. The van der Waals surface area contributed by atoms with Gasteiger partial charge in [-0.3, -0.25) is 0 Å². The van der Waals surface area contributed by atoms with Crippen LogP contribution < -0.4 is 5.32 Å². The number of carboxylic acid groups (broad SMARTS) is 1. The molecule has 2 unspecified atom stereocenters. The Hall–Kier alpha value is -1.58. The number of rotatable bonds is 3. The summed E-state index contributed by atoms with van der Waals surface area (Å²) in [5.41, 5.74) is 2.54. The maximum Gasteiger partial charge on any atom is 0.339 e. The first kappa shape index (κ1) is 13.4. The molecule has 2 N–H and O–H groups in total. The van der Waals surface area contributed by atoms with Gasteiger partial charge in [-0.25, -0.2) is 9.78 Å². The van der Waals surface area contributed by atoms with Gasteiger partial charge in [-0.15, -0.1) is 0 Å². The predicted molar refractivity (Wildman–Crippen MR) is 78.3 cm³/mol. The van der Waals surface area contributed by atoms with Gasteiger partial charge < -0.3 is 10.4 Å². The lowest BCUT2D eigenvalue weighted by Crippen LogP contribution is -2.27. The van der Waals surface area contributed by atoms with Crippen molar-refractivity contribution < 1.29 is 9.90 Å². The summed E-state index contributed by atoms with van der Waals surface area (Å²) in [4.78, 5) is 16.0. The fourth-order valence-electron chi connectivity index (χ4n) is 3.50. The van der Waals surface area contributed by atoms with Crippen LogP contribution in [0.25, 0.3) is 0 Å². The van der Waals surface area contributed by atoms with Gasteiger partial charge in [-0.05, 0) is 49.7 Å². The number of nitrogens with one attached hydrogen (secondary N) is 1. The lowest BCUT2D eigenvalue weighted by molar-refractivity contribution is 0.0697. The highest BCUT2D eigenvalue weighted by molar-refractivity contribution is 5.93. The third-order valence-electron chi connectivity index (χ3n) is 4.56. The van der Waals surface area contributed by atoms with E-state index in [2.05, 4.69) is 17.2 Å². The summed E-state index contributed by atoms with van der Waals surface area (Å²) < 4.78 is 0.